The van der Waals surface area contributed by atoms with Crippen molar-refractivity contribution in [1.82, 2.24) is 0 Å². The van der Waals surface area contributed by atoms with E-state index >= 15 is 0 Å². The lowest BCUT2D eigenvalue weighted by molar-refractivity contribution is -0.149. The normalized spacial score (nSPS) is 13.1. The van der Waals surface area contributed by atoms with E-state index < -0.39 is 23.5 Å². The van der Waals surface area contributed by atoms with Crippen LogP contribution in [0.5, 0.6) is 5.75 Å². The maximum Gasteiger partial charge on any atom is 0.407 e. The van der Waals surface area contributed by atoms with Gasteiger partial charge < -0.3 is 10.8 Å². The molecule has 1 aromatic carbocycles. The first-order chi connectivity index (χ1) is 6.75. The Bertz CT molecular complexity index is 386. The summed E-state index contributed by atoms with van der Waals surface area (Å²) < 4.78 is 37.0. The van der Waals surface area contributed by atoms with Crippen molar-refractivity contribution in [3.8, 4) is 5.75 Å². The van der Waals surface area contributed by atoms with Crippen LogP contribution in [0.25, 0.3) is 0 Å². The van der Waals surface area contributed by atoms with Gasteiger partial charge in [-0.1, -0.05) is 27.5 Å². The van der Waals surface area contributed by atoms with Gasteiger partial charge in [0.1, 0.15) is 11.8 Å². The fourth-order valence-electron chi connectivity index (χ4n) is 1.02. The van der Waals surface area contributed by atoms with Crippen molar-refractivity contribution in [3.63, 3.8) is 0 Å². The predicted octanol–water partition coefficient (Wildman–Crippen LogP) is 3.79. The van der Waals surface area contributed by atoms with Gasteiger partial charge in [-0.25, -0.2) is 0 Å². The van der Waals surface area contributed by atoms with E-state index in [2.05, 4.69) is 15.9 Å². The first-order valence-electron chi connectivity index (χ1n) is 3.74. The topological polar surface area (TPSA) is 46.2 Å². The molecule has 0 saturated carbocycles. The van der Waals surface area contributed by atoms with Gasteiger partial charge in [0.15, 0.2) is 0 Å². The number of halogens is 6. The number of hydrogen-bond donors (Lipinski definition) is 2. The van der Waals surface area contributed by atoms with E-state index in [1.807, 2.05) is 0 Å². The number of aromatic hydroxyl groups is 1. The van der Waals surface area contributed by atoms with Gasteiger partial charge in [-0.3, -0.25) is 0 Å². The molecule has 16 heavy (non-hydrogen) atoms. The molecule has 1 rings (SSSR count). The summed E-state index contributed by atoms with van der Waals surface area (Å²) in [6.45, 7) is 0. The van der Waals surface area contributed by atoms with Crippen LogP contribution in [0.4, 0.5) is 13.2 Å². The van der Waals surface area contributed by atoms with Gasteiger partial charge in [-0.05, 0) is 12.1 Å². The number of phenolic OH excluding ortho intramolecular Hbond substituents is 1. The molecule has 1 aromatic rings. The highest BCUT2D eigenvalue weighted by Crippen LogP contribution is 2.42. The molecule has 0 fully saturated rings. The van der Waals surface area contributed by atoms with Crippen molar-refractivity contribution >= 4 is 39.9 Å². The minimum Gasteiger partial charge on any atom is -0.506 e. The van der Waals surface area contributed by atoms with E-state index in [-0.39, 0.29) is 21.9 Å². The summed E-state index contributed by atoms with van der Waals surface area (Å²) in [6.07, 6.45) is -4.63. The van der Waals surface area contributed by atoms with E-state index in [0.29, 0.717) is 0 Å². The predicted molar refractivity (Wildman–Crippen MR) is 61.0 cm³/mol. The fourth-order valence-corrected chi connectivity index (χ4v) is 1.75. The Balaban J connectivity index is 0.00000225. The van der Waals surface area contributed by atoms with Gasteiger partial charge in [0.05, 0.1) is 5.02 Å². The molecule has 3 N–H and O–H groups in total. The van der Waals surface area contributed by atoms with Gasteiger partial charge in [-0.2, -0.15) is 13.2 Å². The number of phenols is 1. The van der Waals surface area contributed by atoms with E-state index in [1.54, 1.807) is 0 Å². The Kier molecular flexibility index (Phi) is 5.38. The highest BCUT2D eigenvalue weighted by Gasteiger charge is 2.40. The largest absolute Gasteiger partial charge is 0.506 e. The third-order valence-electron chi connectivity index (χ3n) is 1.78. The van der Waals surface area contributed by atoms with Gasteiger partial charge in [-0.15, -0.1) is 12.4 Å². The lowest BCUT2D eigenvalue weighted by Gasteiger charge is -2.18. The molecule has 8 heteroatoms. The SMILES string of the molecule is Cl.N[C@H](c1c(Br)ccc(Cl)c1O)C(F)(F)F. The van der Waals surface area contributed by atoms with Crippen LogP contribution in [0.3, 0.4) is 0 Å². The van der Waals surface area contributed by atoms with Crippen LogP contribution in [-0.2, 0) is 0 Å². The number of benzene rings is 1. The molecular weight excluding hydrogens is 334 g/mol. The minimum absolute atomic E-state index is 0. The Morgan fingerprint density at radius 1 is 1.38 bits per heavy atom. The standard InChI is InChI=1S/C8H6BrClF3NO.ClH/c9-3-1-2-4(10)6(15)5(3)7(14)8(11,12)13;/h1-2,7,15H,14H2;1H/t7-;/m1./s1. The van der Waals surface area contributed by atoms with Crippen LogP contribution in [0, 0.1) is 0 Å². The molecule has 0 saturated heterocycles. The van der Waals surface area contributed by atoms with Crippen molar-refractivity contribution in [2.75, 3.05) is 0 Å². The quantitative estimate of drug-likeness (QED) is 0.817. The molecule has 0 spiro atoms. The van der Waals surface area contributed by atoms with Crippen molar-refractivity contribution in [3.05, 3.63) is 27.2 Å². The second kappa shape index (κ2) is 5.44. The molecule has 0 aromatic heterocycles. The third kappa shape index (κ3) is 3.16. The van der Waals surface area contributed by atoms with Crippen LogP contribution >= 0.6 is 39.9 Å². The van der Waals surface area contributed by atoms with Crippen molar-refractivity contribution in [1.29, 1.82) is 0 Å². The zero-order chi connectivity index (χ0) is 11.8. The van der Waals surface area contributed by atoms with Crippen molar-refractivity contribution in [2.24, 2.45) is 5.73 Å². The molecule has 92 valence electrons. The number of nitrogens with two attached hydrogens (primary N) is 1. The highest BCUT2D eigenvalue weighted by atomic mass is 79.9. The van der Waals surface area contributed by atoms with Gasteiger partial charge in [0.2, 0.25) is 0 Å². The molecule has 0 aliphatic heterocycles. The van der Waals surface area contributed by atoms with Crippen LogP contribution in [0.15, 0.2) is 16.6 Å². The maximum atomic E-state index is 12.3. The first-order valence-corrected chi connectivity index (χ1v) is 4.91. The molecule has 0 radical (unpaired) electrons. The Morgan fingerprint density at radius 2 is 1.88 bits per heavy atom. The Hall–Kier alpha value is -0.170. The lowest BCUT2D eigenvalue weighted by Crippen LogP contribution is -2.28. The molecule has 1 atom stereocenters. The zero-order valence-electron chi connectivity index (χ0n) is 7.55. The first kappa shape index (κ1) is 15.8. The lowest BCUT2D eigenvalue weighted by atomic mass is 10.1. The van der Waals surface area contributed by atoms with Crippen LogP contribution in [0.2, 0.25) is 5.02 Å². The molecule has 0 unspecified atom stereocenters. The highest BCUT2D eigenvalue weighted by molar-refractivity contribution is 9.10. The summed E-state index contributed by atoms with van der Waals surface area (Å²) in [7, 11) is 0. The van der Waals surface area contributed by atoms with Crippen LogP contribution in [-0.4, -0.2) is 11.3 Å². The Morgan fingerprint density at radius 3 is 2.31 bits per heavy atom. The maximum absolute atomic E-state index is 12.3. The molecule has 0 bridgehead atoms. The fraction of sp³-hybridized carbons (Fsp3) is 0.250. The van der Waals surface area contributed by atoms with Gasteiger partial charge >= 0.3 is 6.18 Å². The van der Waals surface area contributed by atoms with Crippen molar-refractivity contribution < 1.29 is 18.3 Å². The average molecular weight is 341 g/mol. The number of alkyl halides is 3. The average Bonchev–Trinajstić information content (AvgIpc) is 2.10. The minimum atomic E-state index is -4.63. The van der Waals surface area contributed by atoms with Crippen LogP contribution < -0.4 is 5.73 Å². The van der Waals surface area contributed by atoms with E-state index in [0.717, 1.165) is 0 Å². The monoisotopic (exact) mass is 339 g/mol. The van der Waals surface area contributed by atoms with E-state index in [9.17, 15) is 18.3 Å². The van der Waals surface area contributed by atoms with Crippen LogP contribution in [0.1, 0.15) is 11.6 Å². The second-order valence-electron chi connectivity index (χ2n) is 2.81. The summed E-state index contributed by atoms with van der Waals surface area (Å²) in [5.41, 5.74) is 4.51. The molecule has 0 aliphatic rings. The van der Waals surface area contributed by atoms with Gasteiger partial charge in [0, 0.05) is 10.0 Å². The zero-order valence-corrected chi connectivity index (χ0v) is 10.7. The third-order valence-corrected chi connectivity index (χ3v) is 2.77. The summed E-state index contributed by atoms with van der Waals surface area (Å²) in [4.78, 5) is 0. The molecular formula is C8H7BrCl2F3NO. The number of hydrogen-bond acceptors (Lipinski definition) is 2. The molecule has 0 heterocycles. The van der Waals surface area contributed by atoms with Gasteiger partial charge in [0.25, 0.3) is 0 Å². The summed E-state index contributed by atoms with van der Waals surface area (Å²) >= 11 is 8.36. The molecule has 0 aliphatic carbocycles. The summed E-state index contributed by atoms with van der Waals surface area (Å²) in [5.74, 6) is -0.657. The van der Waals surface area contributed by atoms with E-state index in [1.165, 1.54) is 12.1 Å². The smallest absolute Gasteiger partial charge is 0.407 e. The number of rotatable bonds is 1. The molecule has 2 nitrogen and oxygen atoms in total. The van der Waals surface area contributed by atoms with Crippen molar-refractivity contribution in [2.45, 2.75) is 12.2 Å². The Labute approximate surface area is 109 Å². The summed E-state index contributed by atoms with van der Waals surface area (Å²) in [5, 5.41) is 9.20. The van der Waals surface area contributed by atoms with E-state index in [4.69, 9.17) is 17.3 Å². The second-order valence-corrected chi connectivity index (χ2v) is 4.07. The summed E-state index contributed by atoms with van der Waals surface area (Å²) in [6, 6.07) is 0.293. The molecule has 0 amide bonds.